The predicted octanol–water partition coefficient (Wildman–Crippen LogP) is 6.00. The highest BCUT2D eigenvalue weighted by Gasteiger charge is 2.28. The topological polar surface area (TPSA) is 37.3 Å². The van der Waals surface area contributed by atoms with Crippen LogP contribution in [0, 0.1) is 0 Å². The first-order valence-electron chi connectivity index (χ1n) is 8.76. The van der Waals surface area contributed by atoms with Crippen LogP contribution in [0.1, 0.15) is 97.8 Å². The zero-order chi connectivity index (χ0) is 15.3. The zero-order valence-corrected chi connectivity index (χ0v) is 14.0. The highest BCUT2D eigenvalue weighted by molar-refractivity contribution is 6.73. The van der Waals surface area contributed by atoms with Crippen LogP contribution in [0.15, 0.2) is 0 Å². The van der Waals surface area contributed by atoms with Crippen molar-refractivity contribution in [3.8, 4) is 0 Å². The molecule has 0 rings (SSSR count). The Labute approximate surface area is 127 Å². The summed E-state index contributed by atoms with van der Waals surface area (Å²) >= 11 is 0. The van der Waals surface area contributed by atoms with Gasteiger partial charge in [0, 0.05) is 0 Å². The summed E-state index contributed by atoms with van der Waals surface area (Å²) < 4.78 is 0. The summed E-state index contributed by atoms with van der Waals surface area (Å²) in [5.74, 6) is -0.630. The lowest BCUT2D eigenvalue weighted by Gasteiger charge is -2.27. The summed E-state index contributed by atoms with van der Waals surface area (Å²) in [4.78, 5) is 11.1. The van der Waals surface area contributed by atoms with E-state index in [0.717, 1.165) is 12.8 Å². The SMILES string of the molecule is CCCCCCCC(C)(BC(=O)O)CCCCCCC. The highest BCUT2D eigenvalue weighted by atomic mass is 16.4. The predicted molar refractivity (Wildman–Crippen MR) is 90.3 cm³/mol. The van der Waals surface area contributed by atoms with E-state index in [1.54, 1.807) is 0 Å². The fourth-order valence-electron chi connectivity index (χ4n) is 2.98. The molecule has 0 aromatic carbocycles. The van der Waals surface area contributed by atoms with Crippen molar-refractivity contribution in [2.24, 2.45) is 0 Å². The third kappa shape index (κ3) is 11.4. The second-order valence-electron chi connectivity index (χ2n) is 6.71. The molecule has 3 heteroatoms. The summed E-state index contributed by atoms with van der Waals surface area (Å²) in [6.07, 6.45) is 14.8. The van der Waals surface area contributed by atoms with Crippen LogP contribution in [0.2, 0.25) is 5.31 Å². The van der Waals surface area contributed by atoms with E-state index in [1.165, 1.54) is 64.2 Å². The number of unbranched alkanes of at least 4 members (excludes halogenated alkanes) is 8. The van der Waals surface area contributed by atoms with Gasteiger partial charge in [-0.15, -0.1) is 0 Å². The van der Waals surface area contributed by atoms with Crippen molar-refractivity contribution < 1.29 is 9.90 Å². The quantitative estimate of drug-likeness (QED) is 0.313. The van der Waals surface area contributed by atoms with E-state index in [4.69, 9.17) is 5.11 Å². The van der Waals surface area contributed by atoms with Crippen LogP contribution < -0.4 is 0 Å². The lowest BCUT2D eigenvalue weighted by molar-refractivity contribution is 0.218. The Bertz CT molecular complexity index is 227. The summed E-state index contributed by atoms with van der Waals surface area (Å²) in [5, 5.41) is 9.15. The molecule has 0 saturated carbocycles. The molecule has 0 bridgehead atoms. The Morgan fingerprint density at radius 3 is 1.60 bits per heavy atom. The molecule has 0 saturated heterocycles. The van der Waals surface area contributed by atoms with Crippen LogP contribution in [-0.4, -0.2) is 18.3 Å². The van der Waals surface area contributed by atoms with Gasteiger partial charge in [-0.25, -0.2) is 0 Å². The number of hydrogen-bond acceptors (Lipinski definition) is 1. The molecule has 118 valence electrons. The normalized spacial score (nSPS) is 11.6. The van der Waals surface area contributed by atoms with E-state index >= 15 is 0 Å². The van der Waals surface area contributed by atoms with Crippen molar-refractivity contribution in [1.82, 2.24) is 0 Å². The van der Waals surface area contributed by atoms with Gasteiger partial charge < -0.3 is 5.11 Å². The summed E-state index contributed by atoms with van der Waals surface area (Å²) in [7, 11) is 0.342. The van der Waals surface area contributed by atoms with Gasteiger partial charge in [0.05, 0.1) is 0 Å². The molecule has 0 heterocycles. The third-order valence-electron chi connectivity index (χ3n) is 4.35. The van der Waals surface area contributed by atoms with Crippen molar-refractivity contribution in [3.05, 3.63) is 0 Å². The molecule has 0 aromatic heterocycles. The largest absolute Gasteiger partial charge is 0.489 e. The number of rotatable bonds is 14. The van der Waals surface area contributed by atoms with Crippen LogP contribution in [-0.2, 0) is 0 Å². The van der Waals surface area contributed by atoms with Gasteiger partial charge >= 0.3 is 0 Å². The number of carboxylic acid groups (broad SMARTS) is 1. The number of carbonyl (C=O) groups is 1. The first kappa shape index (κ1) is 19.5. The van der Waals surface area contributed by atoms with Crippen LogP contribution in [0.25, 0.3) is 0 Å². The Morgan fingerprint density at radius 1 is 0.850 bits per heavy atom. The smallest absolute Gasteiger partial charge is 0.266 e. The van der Waals surface area contributed by atoms with Gasteiger partial charge in [-0.2, -0.15) is 0 Å². The summed E-state index contributed by atoms with van der Waals surface area (Å²) in [6, 6.07) is 0. The van der Waals surface area contributed by atoms with Crippen LogP contribution in [0.4, 0.5) is 4.79 Å². The maximum Gasteiger partial charge on any atom is 0.266 e. The van der Waals surface area contributed by atoms with Gasteiger partial charge in [0.2, 0.25) is 5.87 Å². The molecule has 0 aliphatic carbocycles. The minimum absolute atomic E-state index is 0.0181. The molecule has 0 spiro atoms. The standard InChI is InChI=1S/C17H35BO2/c1-4-6-8-10-12-14-17(3,18-16(19)20)15-13-11-9-7-5-2/h18H,4-15H2,1-3H3,(H,19,20). The van der Waals surface area contributed by atoms with E-state index in [1.807, 2.05) is 0 Å². The molecule has 0 radical (unpaired) electrons. The maximum atomic E-state index is 11.1. The van der Waals surface area contributed by atoms with E-state index in [0.29, 0.717) is 7.28 Å². The molecule has 20 heavy (non-hydrogen) atoms. The second-order valence-corrected chi connectivity index (χ2v) is 6.71. The fourth-order valence-corrected chi connectivity index (χ4v) is 2.98. The van der Waals surface area contributed by atoms with Crippen molar-refractivity contribution in [1.29, 1.82) is 0 Å². The van der Waals surface area contributed by atoms with Gasteiger partial charge in [-0.05, 0) is 5.31 Å². The summed E-state index contributed by atoms with van der Waals surface area (Å²) in [6.45, 7) is 6.64. The number of hydrogen-bond donors (Lipinski definition) is 1. The van der Waals surface area contributed by atoms with E-state index in [2.05, 4.69) is 20.8 Å². The minimum atomic E-state index is -0.630. The second kappa shape index (κ2) is 12.3. The molecule has 2 nitrogen and oxygen atoms in total. The fraction of sp³-hybridized carbons (Fsp3) is 0.941. The molecular formula is C17H35BO2. The molecular weight excluding hydrogens is 247 g/mol. The molecule has 0 fully saturated rings. The van der Waals surface area contributed by atoms with Crippen molar-refractivity contribution >= 4 is 13.1 Å². The van der Waals surface area contributed by atoms with E-state index in [-0.39, 0.29) is 5.31 Å². The monoisotopic (exact) mass is 282 g/mol. The van der Waals surface area contributed by atoms with Gasteiger partial charge in [0.1, 0.15) is 0 Å². The maximum absolute atomic E-state index is 11.1. The first-order chi connectivity index (χ1) is 9.54. The van der Waals surface area contributed by atoms with Crippen molar-refractivity contribution in [2.75, 3.05) is 0 Å². The highest BCUT2D eigenvalue weighted by Crippen LogP contribution is 2.37. The van der Waals surface area contributed by atoms with Gasteiger partial charge in [-0.3, -0.25) is 4.79 Å². The van der Waals surface area contributed by atoms with Crippen molar-refractivity contribution in [2.45, 2.75) is 103 Å². The Balaban J connectivity index is 3.98. The van der Waals surface area contributed by atoms with Gasteiger partial charge in [0.15, 0.2) is 0 Å². The minimum Gasteiger partial charge on any atom is -0.489 e. The average molecular weight is 282 g/mol. The Morgan fingerprint density at radius 2 is 1.25 bits per heavy atom. The zero-order valence-electron chi connectivity index (χ0n) is 14.0. The molecule has 1 N–H and O–H groups in total. The van der Waals surface area contributed by atoms with Crippen LogP contribution in [0.5, 0.6) is 0 Å². The van der Waals surface area contributed by atoms with Crippen LogP contribution in [0.3, 0.4) is 0 Å². The van der Waals surface area contributed by atoms with Crippen molar-refractivity contribution in [3.63, 3.8) is 0 Å². The molecule has 0 atom stereocenters. The van der Waals surface area contributed by atoms with E-state index in [9.17, 15) is 4.79 Å². The van der Waals surface area contributed by atoms with E-state index < -0.39 is 5.87 Å². The third-order valence-corrected chi connectivity index (χ3v) is 4.35. The molecule has 0 aromatic rings. The van der Waals surface area contributed by atoms with Gasteiger partial charge in [0.25, 0.3) is 7.28 Å². The Kier molecular flexibility index (Phi) is 12.0. The Hall–Kier alpha value is -0.465. The molecule has 0 unspecified atom stereocenters. The van der Waals surface area contributed by atoms with Gasteiger partial charge in [-0.1, -0.05) is 97.8 Å². The molecule has 0 aliphatic heterocycles. The summed E-state index contributed by atoms with van der Waals surface area (Å²) in [5.41, 5.74) is 0. The van der Waals surface area contributed by atoms with Crippen LogP contribution >= 0.6 is 0 Å². The molecule has 0 amide bonds. The lowest BCUT2D eigenvalue weighted by Crippen LogP contribution is -2.23. The first-order valence-corrected chi connectivity index (χ1v) is 8.76. The lowest BCUT2D eigenvalue weighted by atomic mass is 9.49. The average Bonchev–Trinajstić information content (AvgIpc) is 2.37. The molecule has 0 aliphatic rings.